The molecule has 2 aromatic heterocycles. The quantitative estimate of drug-likeness (QED) is 0.716. The molecule has 3 aromatic rings. The summed E-state index contributed by atoms with van der Waals surface area (Å²) in [6.45, 7) is 5.31. The van der Waals surface area contributed by atoms with Crippen LogP contribution in [0.5, 0.6) is 0 Å². The Hall–Kier alpha value is -3.00. The summed E-state index contributed by atoms with van der Waals surface area (Å²) in [5.74, 6) is -1.10. The third-order valence-corrected chi connectivity index (χ3v) is 4.34. The number of carbonyl (C=O) groups excluding carboxylic acids is 1. The van der Waals surface area contributed by atoms with Crippen molar-refractivity contribution in [2.45, 2.75) is 27.2 Å². The SMILES string of the molecule is CCc1c(C)nc(-n2nc(C)cc2NC(=O)c2c(F)cccc2Cl)[nH]c1=O. The fourth-order valence-electron chi connectivity index (χ4n) is 2.76. The first kappa shape index (κ1) is 18.8. The maximum absolute atomic E-state index is 14.0. The molecule has 0 spiro atoms. The number of anilines is 1. The largest absolute Gasteiger partial charge is 0.306 e. The summed E-state index contributed by atoms with van der Waals surface area (Å²) in [6.07, 6.45) is 0.544. The van der Waals surface area contributed by atoms with Gasteiger partial charge in [0.2, 0.25) is 5.95 Å². The lowest BCUT2D eigenvalue weighted by Crippen LogP contribution is -2.22. The number of nitrogens with one attached hydrogen (secondary N) is 2. The van der Waals surface area contributed by atoms with E-state index in [1.54, 1.807) is 19.9 Å². The fraction of sp³-hybridized carbons (Fsp3) is 0.222. The maximum Gasteiger partial charge on any atom is 0.261 e. The molecule has 0 bridgehead atoms. The van der Waals surface area contributed by atoms with Gasteiger partial charge in [0, 0.05) is 17.3 Å². The lowest BCUT2D eigenvalue weighted by atomic mass is 10.2. The summed E-state index contributed by atoms with van der Waals surface area (Å²) in [5.41, 5.74) is 1.17. The zero-order valence-corrected chi connectivity index (χ0v) is 15.7. The summed E-state index contributed by atoms with van der Waals surface area (Å²) in [4.78, 5) is 31.8. The van der Waals surface area contributed by atoms with E-state index in [0.29, 0.717) is 23.4 Å². The minimum Gasteiger partial charge on any atom is -0.306 e. The molecular weight excluding hydrogens is 373 g/mol. The van der Waals surface area contributed by atoms with Gasteiger partial charge in [-0.25, -0.2) is 9.37 Å². The van der Waals surface area contributed by atoms with Crippen molar-refractivity contribution < 1.29 is 9.18 Å². The van der Waals surface area contributed by atoms with Crippen molar-refractivity contribution in [2.75, 3.05) is 5.32 Å². The Morgan fingerprint density at radius 2 is 2.11 bits per heavy atom. The molecule has 2 heterocycles. The number of carbonyl (C=O) groups is 1. The van der Waals surface area contributed by atoms with Gasteiger partial charge in [-0.2, -0.15) is 9.78 Å². The number of H-pyrrole nitrogens is 1. The number of aryl methyl sites for hydroxylation is 2. The van der Waals surface area contributed by atoms with Crippen molar-refractivity contribution >= 4 is 23.3 Å². The molecule has 1 aromatic carbocycles. The Morgan fingerprint density at radius 1 is 1.37 bits per heavy atom. The van der Waals surface area contributed by atoms with Crippen molar-refractivity contribution in [1.29, 1.82) is 0 Å². The van der Waals surface area contributed by atoms with Gasteiger partial charge < -0.3 is 5.32 Å². The van der Waals surface area contributed by atoms with Gasteiger partial charge in [0.15, 0.2) is 0 Å². The van der Waals surface area contributed by atoms with E-state index >= 15 is 0 Å². The van der Waals surface area contributed by atoms with Gasteiger partial charge in [-0.1, -0.05) is 24.6 Å². The van der Waals surface area contributed by atoms with Crippen LogP contribution in [0.2, 0.25) is 5.02 Å². The van der Waals surface area contributed by atoms with Crippen molar-refractivity contribution in [3.8, 4) is 5.95 Å². The Morgan fingerprint density at radius 3 is 2.74 bits per heavy atom. The number of aromatic nitrogens is 4. The van der Waals surface area contributed by atoms with Gasteiger partial charge in [0.1, 0.15) is 11.6 Å². The standard InChI is InChI=1S/C18H17ClFN5O2/c1-4-11-10(3)21-18(23-16(11)26)25-14(8-9(2)24-25)22-17(27)15-12(19)6-5-7-13(15)20/h5-8H,4H2,1-3H3,(H,22,27)(H,21,23,26). The predicted molar refractivity (Wildman–Crippen MR) is 100 cm³/mol. The second-order valence-electron chi connectivity index (χ2n) is 5.94. The molecule has 0 atom stereocenters. The summed E-state index contributed by atoms with van der Waals surface area (Å²) in [5, 5.41) is 6.81. The third kappa shape index (κ3) is 3.61. The van der Waals surface area contributed by atoms with Gasteiger partial charge in [-0.05, 0) is 32.4 Å². The summed E-state index contributed by atoms with van der Waals surface area (Å²) in [6, 6.07) is 5.56. The van der Waals surface area contributed by atoms with Crippen molar-refractivity contribution in [3.63, 3.8) is 0 Å². The van der Waals surface area contributed by atoms with Crippen LogP contribution in [0.3, 0.4) is 0 Å². The van der Waals surface area contributed by atoms with Crippen LogP contribution in [-0.2, 0) is 6.42 Å². The molecule has 0 aliphatic carbocycles. The highest BCUT2D eigenvalue weighted by atomic mass is 35.5. The summed E-state index contributed by atoms with van der Waals surface area (Å²) < 4.78 is 15.3. The highest BCUT2D eigenvalue weighted by molar-refractivity contribution is 6.34. The van der Waals surface area contributed by atoms with Gasteiger partial charge in [-0.3, -0.25) is 14.6 Å². The molecule has 27 heavy (non-hydrogen) atoms. The second-order valence-corrected chi connectivity index (χ2v) is 6.35. The van der Waals surface area contributed by atoms with Gasteiger partial charge in [-0.15, -0.1) is 0 Å². The molecule has 0 fully saturated rings. The third-order valence-electron chi connectivity index (χ3n) is 4.03. The highest BCUT2D eigenvalue weighted by Gasteiger charge is 2.19. The first-order chi connectivity index (χ1) is 12.8. The zero-order valence-electron chi connectivity index (χ0n) is 14.9. The normalized spacial score (nSPS) is 10.9. The molecule has 0 saturated heterocycles. The fourth-order valence-corrected chi connectivity index (χ4v) is 3.00. The number of rotatable bonds is 4. The van der Waals surface area contributed by atoms with Crippen molar-refractivity contribution in [1.82, 2.24) is 19.7 Å². The maximum atomic E-state index is 14.0. The summed E-state index contributed by atoms with van der Waals surface area (Å²) >= 11 is 5.94. The molecule has 2 N–H and O–H groups in total. The van der Waals surface area contributed by atoms with E-state index in [0.717, 1.165) is 6.07 Å². The molecule has 0 saturated carbocycles. The lowest BCUT2D eigenvalue weighted by Gasteiger charge is -2.11. The number of benzene rings is 1. The number of hydrogen-bond donors (Lipinski definition) is 2. The van der Waals surface area contributed by atoms with Gasteiger partial charge >= 0.3 is 0 Å². The van der Waals surface area contributed by atoms with E-state index < -0.39 is 11.7 Å². The first-order valence-electron chi connectivity index (χ1n) is 8.24. The number of halogens is 2. The van der Waals surface area contributed by atoms with Gasteiger partial charge in [0.25, 0.3) is 11.5 Å². The highest BCUT2D eigenvalue weighted by Crippen LogP contribution is 2.22. The molecule has 0 unspecified atom stereocenters. The molecule has 0 aliphatic heterocycles. The van der Waals surface area contributed by atoms with Crippen LogP contribution in [-0.4, -0.2) is 25.7 Å². The van der Waals surface area contributed by atoms with E-state index in [4.69, 9.17) is 11.6 Å². The Labute approximate surface area is 159 Å². The van der Waals surface area contributed by atoms with E-state index in [9.17, 15) is 14.0 Å². The molecule has 1 amide bonds. The monoisotopic (exact) mass is 389 g/mol. The molecule has 9 heteroatoms. The number of aromatic amines is 1. The Bertz CT molecular complexity index is 1070. The van der Waals surface area contributed by atoms with Crippen LogP contribution in [0.4, 0.5) is 10.2 Å². The van der Waals surface area contributed by atoms with Crippen LogP contribution in [0.1, 0.15) is 34.2 Å². The minimum absolute atomic E-state index is 0.00929. The zero-order chi connectivity index (χ0) is 19.7. The lowest BCUT2D eigenvalue weighted by molar-refractivity contribution is 0.102. The number of hydrogen-bond acceptors (Lipinski definition) is 4. The smallest absolute Gasteiger partial charge is 0.261 e. The molecule has 140 valence electrons. The molecule has 7 nitrogen and oxygen atoms in total. The minimum atomic E-state index is -0.738. The second kappa shape index (κ2) is 7.32. The first-order valence-corrected chi connectivity index (χ1v) is 8.61. The summed E-state index contributed by atoms with van der Waals surface area (Å²) in [7, 11) is 0. The van der Waals surface area contributed by atoms with E-state index in [1.807, 2.05) is 6.92 Å². The van der Waals surface area contributed by atoms with Crippen LogP contribution >= 0.6 is 11.6 Å². The van der Waals surface area contributed by atoms with Crippen LogP contribution in [0.25, 0.3) is 5.95 Å². The number of amides is 1. The van der Waals surface area contributed by atoms with E-state index in [-0.39, 0.29) is 27.9 Å². The van der Waals surface area contributed by atoms with Crippen molar-refractivity contribution in [2.24, 2.45) is 0 Å². The van der Waals surface area contributed by atoms with Crippen molar-refractivity contribution in [3.05, 3.63) is 68.0 Å². The Balaban J connectivity index is 2.03. The topological polar surface area (TPSA) is 92.7 Å². The molecule has 3 rings (SSSR count). The molecule has 0 radical (unpaired) electrons. The molecular formula is C18H17ClFN5O2. The average Bonchev–Trinajstić information content (AvgIpc) is 2.94. The average molecular weight is 390 g/mol. The van der Waals surface area contributed by atoms with Crippen LogP contribution in [0.15, 0.2) is 29.1 Å². The van der Waals surface area contributed by atoms with E-state index in [2.05, 4.69) is 20.4 Å². The van der Waals surface area contributed by atoms with E-state index in [1.165, 1.54) is 16.8 Å². The number of nitrogens with zero attached hydrogens (tertiary/aromatic N) is 3. The van der Waals surface area contributed by atoms with Gasteiger partial charge in [0.05, 0.1) is 16.3 Å². The van der Waals surface area contributed by atoms with Crippen LogP contribution in [0, 0.1) is 19.7 Å². The Kier molecular flexibility index (Phi) is 5.09. The predicted octanol–water partition coefficient (Wildman–Crippen LogP) is 3.18. The van der Waals surface area contributed by atoms with Crippen LogP contribution < -0.4 is 10.9 Å². The molecule has 0 aliphatic rings.